The van der Waals surface area contributed by atoms with Crippen LogP contribution in [0.5, 0.6) is 0 Å². The van der Waals surface area contributed by atoms with E-state index < -0.39 is 4.92 Å². The molecule has 0 spiro atoms. The molecule has 2 aliphatic rings. The van der Waals surface area contributed by atoms with Crippen molar-refractivity contribution in [1.82, 2.24) is 0 Å². The van der Waals surface area contributed by atoms with Crippen molar-refractivity contribution in [2.45, 2.75) is 13.3 Å². The summed E-state index contributed by atoms with van der Waals surface area (Å²) < 4.78 is 0. The number of nitro groups is 1. The van der Waals surface area contributed by atoms with E-state index in [0.717, 1.165) is 0 Å². The fourth-order valence-electron chi connectivity index (χ4n) is 3.13. The summed E-state index contributed by atoms with van der Waals surface area (Å²) in [7, 11) is 0. The Bertz CT molecular complexity index is 653. The molecule has 1 aliphatic heterocycles. The molecule has 0 aromatic heterocycles. The Labute approximate surface area is 127 Å². The number of thiocarbonyl (C=S) groups is 1. The highest BCUT2D eigenvalue weighted by molar-refractivity contribution is 7.80. The zero-order chi connectivity index (χ0) is 15.1. The molecule has 0 bridgehead atoms. The van der Waals surface area contributed by atoms with E-state index in [1.165, 1.54) is 17.0 Å². The van der Waals surface area contributed by atoms with E-state index in [1.54, 1.807) is 12.1 Å². The minimum absolute atomic E-state index is 0.00349. The van der Waals surface area contributed by atoms with Crippen LogP contribution in [0.2, 0.25) is 0 Å². The Hall–Kier alpha value is -2.08. The van der Waals surface area contributed by atoms with Crippen molar-refractivity contribution < 1.29 is 9.72 Å². The van der Waals surface area contributed by atoms with E-state index >= 15 is 0 Å². The Balaban J connectivity index is 1.94. The number of non-ortho nitro benzene ring substituents is 1. The number of allylic oxidation sites excluding steroid dienone is 2. The zero-order valence-corrected chi connectivity index (χ0v) is 12.2. The van der Waals surface area contributed by atoms with Gasteiger partial charge in [0.2, 0.25) is 5.91 Å². The van der Waals surface area contributed by atoms with E-state index in [2.05, 4.69) is 13.0 Å². The fraction of sp³-hybridized carbons (Fsp3) is 0.333. The average Bonchev–Trinajstić information content (AvgIpc) is 2.72. The van der Waals surface area contributed by atoms with Gasteiger partial charge in [0.1, 0.15) is 0 Å². The summed E-state index contributed by atoms with van der Waals surface area (Å²) in [5.41, 5.74) is 0.612. The number of fused-ring (bicyclic) bond motifs is 1. The molecule has 1 aromatic rings. The van der Waals surface area contributed by atoms with Crippen LogP contribution in [0.25, 0.3) is 0 Å². The molecule has 3 rings (SSSR count). The van der Waals surface area contributed by atoms with Gasteiger partial charge in [-0.3, -0.25) is 19.8 Å². The minimum atomic E-state index is -0.459. The summed E-state index contributed by atoms with van der Waals surface area (Å²) in [6, 6.07) is 5.96. The molecule has 0 N–H and O–H groups in total. The molecule has 1 heterocycles. The first-order chi connectivity index (χ1) is 10.0. The van der Waals surface area contributed by atoms with Crippen molar-refractivity contribution in [3.05, 3.63) is 46.5 Å². The van der Waals surface area contributed by atoms with E-state index in [4.69, 9.17) is 12.2 Å². The Morgan fingerprint density at radius 2 is 2.00 bits per heavy atom. The van der Waals surface area contributed by atoms with Gasteiger partial charge in [0, 0.05) is 23.7 Å². The van der Waals surface area contributed by atoms with Gasteiger partial charge >= 0.3 is 0 Å². The summed E-state index contributed by atoms with van der Waals surface area (Å²) in [5.74, 6) is 0.179. The number of anilines is 1. The smallest absolute Gasteiger partial charge is 0.269 e. The third-order valence-electron chi connectivity index (χ3n) is 4.19. The Morgan fingerprint density at radius 1 is 1.33 bits per heavy atom. The zero-order valence-electron chi connectivity index (χ0n) is 11.4. The van der Waals surface area contributed by atoms with Crippen LogP contribution < -0.4 is 4.90 Å². The molecule has 1 aromatic carbocycles. The molecule has 21 heavy (non-hydrogen) atoms. The lowest BCUT2D eigenvalue weighted by Gasteiger charge is -2.24. The number of carbonyl (C=O) groups is 1. The summed E-state index contributed by atoms with van der Waals surface area (Å²) in [6.45, 7) is 2.06. The highest BCUT2D eigenvalue weighted by Gasteiger charge is 2.47. The van der Waals surface area contributed by atoms with Crippen molar-refractivity contribution in [3.63, 3.8) is 0 Å². The summed E-state index contributed by atoms with van der Waals surface area (Å²) in [6.07, 6.45) is 4.84. The number of hydrogen-bond donors (Lipinski definition) is 0. The van der Waals surface area contributed by atoms with Crippen molar-refractivity contribution in [2.24, 2.45) is 17.8 Å². The van der Waals surface area contributed by atoms with Gasteiger partial charge in [0.25, 0.3) is 5.69 Å². The molecule has 1 saturated heterocycles. The highest BCUT2D eigenvalue weighted by atomic mass is 32.1. The monoisotopic (exact) mass is 302 g/mol. The molecular weight excluding hydrogens is 288 g/mol. The molecular formula is C15H14N2O3S. The van der Waals surface area contributed by atoms with Gasteiger partial charge in [0.05, 0.1) is 15.8 Å². The lowest BCUT2D eigenvalue weighted by molar-refractivity contribution is -0.384. The van der Waals surface area contributed by atoms with Crippen LogP contribution in [0.4, 0.5) is 11.4 Å². The standard InChI is InChI=1S/C15H14N2O3S/c1-9-3-2-4-12-13(9)15(21)16(14(12)18)10-5-7-11(8-6-10)17(19)20/h2-3,5-9,12-13H,4H2,1H3/t9-,12+,13-/m1/s1. The van der Waals surface area contributed by atoms with Crippen molar-refractivity contribution in [1.29, 1.82) is 0 Å². The van der Waals surface area contributed by atoms with Gasteiger partial charge in [-0.1, -0.05) is 31.3 Å². The normalized spacial score (nSPS) is 27.9. The van der Waals surface area contributed by atoms with Gasteiger partial charge in [-0.25, -0.2) is 0 Å². The first kappa shape index (κ1) is 13.9. The van der Waals surface area contributed by atoms with Crippen LogP contribution in [0.1, 0.15) is 13.3 Å². The third-order valence-corrected chi connectivity index (χ3v) is 4.65. The second-order valence-corrected chi connectivity index (χ2v) is 5.86. The number of hydrogen-bond acceptors (Lipinski definition) is 4. The van der Waals surface area contributed by atoms with Crippen molar-refractivity contribution >= 4 is 34.5 Å². The Morgan fingerprint density at radius 3 is 2.57 bits per heavy atom. The number of rotatable bonds is 2. The largest absolute Gasteiger partial charge is 0.274 e. The van der Waals surface area contributed by atoms with Crippen LogP contribution in [-0.2, 0) is 4.79 Å². The molecule has 1 fully saturated rings. The summed E-state index contributed by atoms with van der Waals surface area (Å²) in [5, 5.41) is 10.7. The van der Waals surface area contributed by atoms with Crippen LogP contribution in [0.15, 0.2) is 36.4 Å². The number of benzene rings is 1. The molecule has 1 aliphatic carbocycles. The Kier molecular flexibility index (Phi) is 3.33. The molecule has 3 atom stereocenters. The van der Waals surface area contributed by atoms with Crippen molar-refractivity contribution in [2.75, 3.05) is 4.90 Å². The van der Waals surface area contributed by atoms with Gasteiger partial charge in [0.15, 0.2) is 0 Å². The predicted octanol–water partition coefficient (Wildman–Crippen LogP) is 3.10. The van der Waals surface area contributed by atoms with E-state index in [0.29, 0.717) is 17.1 Å². The maximum absolute atomic E-state index is 12.6. The molecule has 108 valence electrons. The van der Waals surface area contributed by atoms with Gasteiger partial charge in [-0.2, -0.15) is 0 Å². The molecule has 1 amide bonds. The van der Waals surface area contributed by atoms with Crippen molar-refractivity contribution in [3.8, 4) is 0 Å². The second kappa shape index (κ2) is 5.04. The molecule has 6 heteroatoms. The van der Waals surface area contributed by atoms with Gasteiger partial charge < -0.3 is 0 Å². The van der Waals surface area contributed by atoms with Crippen LogP contribution in [0.3, 0.4) is 0 Å². The SMILES string of the molecule is C[C@@H]1C=CC[C@@H]2C(=O)N(c3ccc([N+](=O)[O-])cc3)C(=S)[C@H]12. The number of carbonyl (C=O) groups excluding carboxylic acids is 1. The molecule has 5 nitrogen and oxygen atoms in total. The lowest BCUT2D eigenvalue weighted by Crippen LogP contribution is -2.30. The summed E-state index contributed by atoms with van der Waals surface area (Å²) in [4.78, 5) is 25.0. The molecule has 0 saturated carbocycles. The maximum Gasteiger partial charge on any atom is 0.269 e. The third kappa shape index (κ3) is 2.15. The van der Waals surface area contributed by atoms with E-state index in [1.807, 2.05) is 6.08 Å². The lowest BCUT2D eigenvalue weighted by atomic mass is 9.79. The van der Waals surface area contributed by atoms with Crippen LogP contribution >= 0.6 is 12.2 Å². The maximum atomic E-state index is 12.6. The van der Waals surface area contributed by atoms with Gasteiger partial charge in [-0.15, -0.1) is 0 Å². The second-order valence-electron chi connectivity index (χ2n) is 5.44. The summed E-state index contributed by atoms with van der Waals surface area (Å²) >= 11 is 5.50. The van der Waals surface area contributed by atoms with Crippen LogP contribution in [0, 0.1) is 27.9 Å². The topological polar surface area (TPSA) is 63.5 Å². The first-order valence-corrected chi connectivity index (χ1v) is 7.20. The fourth-order valence-corrected chi connectivity index (χ4v) is 3.70. The minimum Gasteiger partial charge on any atom is -0.274 e. The average molecular weight is 302 g/mol. The first-order valence-electron chi connectivity index (χ1n) is 6.79. The quantitative estimate of drug-likeness (QED) is 0.364. The van der Waals surface area contributed by atoms with Gasteiger partial charge in [-0.05, 0) is 24.5 Å². The van der Waals surface area contributed by atoms with E-state index in [9.17, 15) is 14.9 Å². The number of amides is 1. The van der Waals surface area contributed by atoms with Crippen LogP contribution in [-0.4, -0.2) is 15.8 Å². The molecule has 0 radical (unpaired) electrons. The van der Waals surface area contributed by atoms with E-state index in [-0.39, 0.29) is 29.3 Å². The number of nitro benzene ring substituents is 1. The molecule has 0 unspecified atom stereocenters. The number of nitrogens with zero attached hydrogens (tertiary/aromatic N) is 2. The predicted molar refractivity (Wildman–Crippen MR) is 83.1 cm³/mol. The highest BCUT2D eigenvalue weighted by Crippen LogP contribution is 2.41.